The van der Waals surface area contributed by atoms with Gasteiger partial charge in [0.25, 0.3) is 0 Å². The summed E-state index contributed by atoms with van der Waals surface area (Å²) in [6.07, 6.45) is 8.67. The van der Waals surface area contributed by atoms with Gasteiger partial charge in [-0.3, -0.25) is 0 Å². The molecule has 3 aromatic rings. The lowest BCUT2D eigenvalue weighted by atomic mass is 9.91. The zero-order valence-electron chi connectivity index (χ0n) is 18.9. The topological polar surface area (TPSA) is 35.2 Å². The zero-order valence-corrected chi connectivity index (χ0v) is 18.9. The minimum atomic E-state index is 0.319. The molecule has 2 heteroatoms. The third-order valence-electron chi connectivity index (χ3n) is 5.95. The normalized spacial score (nSPS) is 11.9. The number of hydrogen-bond acceptors (Lipinski definition) is 2. The highest BCUT2D eigenvalue weighted by atomic mass is 16.5. The molecule has 0 aliphatic heterocycles. The number of unbranched alkanes of at least 4 members (excludes halogenated alkanes) is 5. The van der Waals surface area contributed by atoms with Crippen molar-refractivity contribution in [3.63, 3.8) is 0 Å². The molecule has 0 heterocycles. The molecule has 1 atom stereocenters. The number of rotatable bonds is 13. The van der Waals surface area contributed by atoms with Crippen molar-refractivity contribution in [3.8, 4) is 16.9 Å². The molecule has 2 nitrogen and oxygen atoms in total. The maximum atomic E-state index is 6.13. The summed E-state index contributed by atoms with van der Waals surface area (Å²) >= 11 is 0. The highest BCUT2D eigenvalue weighted by Gasteiger charge is 2.11. The van der Waals surface area contributed by atoms with Crippen molar-refractivity contribution in [1.29, 1.82) is 0 Å². The van der Waals surface area contributed by atoms with Crippen LogP contribution in [0.3, 0.4) is 0 Å². The molecule has 0 saturated heterocycles. The molecule has 1 unspecified atom stereocenters. The van der Waals surface area contributed by atoms with E-state index in [1.807, 2.05) is 6.07 Å². The van der Waals surface area contributed by atoms with E-state index in [1.165, 1.54) is 54.4 Å². The van der Waals surface area contributed by atoms with Crippen LogP contribution in [-0.4, -0.2) is 13.2 Å². The molecule has 31 heavy (non-hydrogen) atoms. The average molecular weight is 416 g/mol. The summed E-state index contributed by atoms with van der Waals surface area (Å²) in [6, 6.07) is 27.9. The number of benzene rings is 3. The van der Waals surface area contributed by atoms with E-state index in [-0.39, 0.29) is 0 Å². The smallest absolute Gasteiger partial charge is 0.119 e. The minimum absolute atomic E-state index is 0.319. The Morgan fingerprint density at radius 2 is 1.35 bits per heavy atom. The van der Waals surface area contributed by atoms with Gasteiger partial charge >= 0.3 is 0 Å². The highest BCUT2D eigenvalue weighted by Crippen LogP contribution is 2.25. The Hall–Kier alpha value is -2.58. The van der Waals surface area contributed by atoms with E-state index >= 15 is 0 Å². The van der Waals surface area contributed by atoms with E-state index in [4.69, 9.17) is 10.5 Å². The maximum Gasteiger partial charge on any atom is 0.119 e. The van der Waals surface area contributed by atoms with E-state index in [0.29, 0.717) is 12.5 Å². The highest BCUT2D eigenvalue weighted by molar-refractivity contribution is 5.63. The van der Waals surface area contributed by atoms with Crippen LogP contribution < -0.4 is 10.5 Å². The Bertz CT molecular complexity index is 856. The van der Waals surface area contributed by atoms with E-state index < -0.39 is 0 Å². The van der Waals surface area contributed by atoms with Crippen LogP contribution in [0, 0.1) is 0 Å². The van der Waals surface area contributed by atoms with E-state index in [1.54, 1.807) is 0 Å². The predicted octanol–water partition coefficient (Wildman–Crippen LogP) is 7.38. The zero-order chi connectivity index (χ0) is 21.7. The van der Waals surface area contributed by atoms with Crippen LogP contribution in [0.4, 0.5) is 0 Å². The van der Waals surface area contributed by atoms with Gasteiger partial charge in [0.2, 0.25) is 0 Å². The Balaban J connectivity index is 1.49. The first-order chi connectivity index (χ1) is 15.3. The van der Waals surface area contributed by atoms with Crippen LogP contribution in [0.1, 0.15) is 62.5 Å². The molecule has 0 radical (unpaired) electrons. The SMILES string of the molecule is CCCCCCCCOc1ccc(CC(CN)c2ccc(-c3ccccc3)cc2)cc1. The third-order valence-corrected chi connectivity index (χ3v) is 5.95. The van der Waals surface area contributed by atoms with Crippen LogP contribution in [0.2, 0.25) is 0 Å². The van der Waals surface area contributed by atoms with Gasteiger partial charge in [0.1, 0.15) is 5.75 Å². The van der Waals surface area contributed by atoms with E-state index in [2.05, 4.69) is 79.7 Å². The van der Waals surface area contributed by atoms with Gasteiger partial charge in [0.05, 0.1) is 6.61 Å². The van der Waals surface area contributed by atoms with Gasteiger partial charge < -0.3 is 10.5 Å². The first-order valence-electron chi connectivity index (χ1n) is 11.9. The first kappa shape index (κ1) is 23.1. The lowest BCUT2D eigenvalue weighted by molar-refractivity contribution is 0.304. The third kappa shape index (κ3) is 7.56. The van der Waals surface area contributed by atoms with Crippen LogP contribution in [0.25, 0.3) is 11.1 Å². The van der Waals surface area contributed by atoms with Crippen LogP contribution in [0.15, 0.2) is 78.9 Å². The molecule has 0 spiro atoms. The minimum Gasteiger partial charge on any atom is -0.494 e. The Labute approximate surface area is 188 Å². The lowest BCUT2D eigenvalue weighted by Gasteiger charge is -2.16. The fraction of sp³-hybridized carbons (Fsp3) is 0.379. The van der Waals surface area contributed by atoms with Gasteiger partial charge in [0.15, 0.2) is 0 Å². The average Bonchev–Trinajstić information content (AvgIpc) is 2.83. The van der Waals surface area contributed by atoms with Crippen molar-refractivity contribution >= 4 is 0 Å². The van der Waals surface area contributed by atoms with Gasteiger partial charge in [0, 0.05) is 5.92 Å². The predicted molar refractivity (Wildman–Crippen MR) is 133 cm³/mol. The van der Waals surface area contributed by atoms with Crippen molar-refractivity contribution in [2.45, 2.75) is 57.8 Å². The van der Waals surface area contributed by atoms with E-state index in [0.717, 1.165) is 25.2 Å². The summed E-state index contributed by atoms with van der Waals surface area (Å²) in [7, 11) is 0. The Morgan fingerprint density at radius 3 is 2.03 bits per heavy atom. The monoisotopic (exact) mass is 415 g/mol. The summed E-state index contributed by atoms with van der Waals surface area (Å²) < 4.78 is 5.91. The van der Waals surface area contributed by atoms with Gasteiger partial charge in [-0.2, -0.15) is 0 Å². The largest absolute Gasteiger partial charge is 0.494 e. The van der Waals surface area contributed by atoms with Crippen molar-refractivity contribution in [3.05, 3.63) is 90.0 Å². The van der Waals surface area contributed by atoms with Crippen LogP contribution in [-0.2, 0) is 6.42 Å². The second kappa shape index (κ2) is 13.0. The molecule has 0 amide bonds. The molecule has 3 rings (SSSR count). The van der Waals surface area contributed by atoms with Crippen LogP contribution >= 0.6 is 0 Å². The van der Waals surface area contributed by atoms with Crippen molar-refractivity contribution < 1.29 is 4.74 Å². The Kier molecular flexibility index (Phi) is 9.66. The number of ether oxygens (including phenoxy) is 1. The summed E-state index contributed by atoms with van der Waals surface area (Å²) in [5.74, 6) is 1.29. The van der Waals surface area contributed by atoms with Gasteiger partial charge in [-0.05, 0) is 53.8 Å². The van der Waals surface area contributed by atoms with Crippen LogP contribution in [0.5, 0.6) is 5.75 Å². The Morgan fingerprint density at radius 1 is 0.710 bits per heavy atom. The van der Waals surface area contributed by atoms with Crippen molar-refractivity contribution in [1.82, 2.24) is 0 Å². The van der Waals surface area contributed by atoms with Gasteiger partial charge in [-0.1, -0.05) is 106 Å². The molecule has 0 aromatic heterocycles. The second-order valence-corrected chi connectivity index (χ2v) is 8.38. The van der Waals surface area contributed by atoms with Crippen molar-refractivity contribution in [2.24, 2.45) is 5.73 Å². The van der Waals surface area contributed by atoms with E-state index in [9.17, 15) is 0 Å². The van der Waals surface area contributed by atoms with Gasteiger partial charge in [-0.15, -0.1) is 0 Å². The summed E-state index contributed by atoms with van der Waals surface area (Å²) in [6.45, 7) is 3.70. The molecular weight excluding hydrogens is 378 g/mol. The summed E-state index contributed by atoms with van der Waals surface area (Å²) in [5, 5.41) is 0. The fourth-order valence-corrected chi connectivity index (χ4v) is 3.99. The number of nitrogens with two attached hydrogens (primary N) is 1. The number of hydrogen-bond donors (Lipinski definition) is 1. The molecule has 0 fully saturated rings. The van der Waals surface area contributed by atoms with Crippen molar-refractivity contribution in [2.75, 3.05) is 13.2 Å². The molecule has 0 aliphatic carbocycles. The maximum absolute atomic E-state index is 6.13. The first-order valence-corrected chi connectivity index (χ1v) is 11.9. The molecule has 0 aliphatic rings. The molecule has 2 N–H and O–H groups in total. The molecular formula is C29H37NO. The molecule has 0 bridgehead atoms. The summed E-state index contributed by atoms with van der Waals surface area (Å²) in [5.41, 5.74) is 11.2. The summed E-state index contributed by atoms with van der Waals surface area (Å²) in [4.78, 5) is 0. The quantitative estimate of drug-likeness (QED) is 0.296. The van der Waals surface area contributed by atoms with Gasteiger partial charge in [-0.25, -0.2) is 0 Å². The molecule has 164 valence electrons. The second-order valence-electron chi connectivity index (χ2n) is 8.38. The molecule has 3 aromatic carbocycles. The lowest BCUT2D eigenvalue weighted by Crippen LogP contribution is -2.15. The standard InChI is InChI=1S/C29H37NO/c1-2-3-4-5-6-10-21-31-29-19-13-24(14-20-29)22-28(23-30)27-17-15-26(16-18-27)25-11-8-7-9-12-25/h7-9,11-20,28H,2-6,10,21-23,30H2,1H3. The molecule has 0 saturated carbocycles. The fourth-order valence-electron chi connectivity index (χ4n) is 3.99.